The maximum absolute atomic E-state index is 13.0. The second kappa shape index (κ2) is 13.0. The van der Waals surface area contributed by atoms with Crippen LogP contribution >= 0.6 is 12.2 Å². The van der Waals surface area contributed by atoms with E-state index in [2.05, 4.69) is 12.2 Å². The van der Waals surface area contributed by atoms with Crippen LogP contribution in [-0.4, -0.2) is 42.3 Å². The highest BCUT2D eigenvalue weighted by Gasteiger charge is 2.30. The van der Waals surface area contributed by atoms with Crippen molar-refractivity contribution in [1.82, 2.24) is 10.2 Å². The van der Waals surface area contributed by atoms with Crippen LogP contribution in [0.3, 0.4) is 0 Å². The number of carbonyl (C=O) groups is 1. The summed E-state index contributed by atoms with van der Waals surface area (Å²) in [6.07, 6.45) is 5.86. The summed E-state index contributed by atoms with van der Waals surface area (Å²) in [5.74, 6) is 2.16. The number of unbranched alkanes of at least 4 members (excludes halogenated alkanes) is 2. The first-order valence-electron chi connectivity index (χ1n) is 12.0. The lowest BCUT2D eigenvalue weighted by Gasteiger charge is -2.15. The number of hydrogen-bond donors (Lipinski definition) is 1. The average molecular weight is 483 g/mol. The van der Waals surface area contributed by atoms with E-state index in [1.165, 1.54) is 12.8 Å². The first kappa shape index (κ1) is 25.6. The van der Waals surface area contributed by atoms with E-state index in [1.807, 2.05) is 62.4 Å². The summed E-state index contributed by atoms with van der Waals surface area (Å²) in [5.41, 5.74) is 2.44. The molecule has 0 unspecified atom stereocenters. The molecule has 1 N–H and O–H groups in total. The standard InChI is InChI=1S/C27H34N2O4S/c1-4-7-8-17-33-22-12-9-20(10-13-22)18-23-26(30)29(27(34)28-23)16-15-21-11-14-24(31-5-2)25(19-21)32-6-3/h9-14,18-19H,4-8,15-17H2,1-3H3,(H,28,34)/b23-18+. The molecule has 0 aliphatic carbocycles. The molecule has 34 heavy (non-hydrogen) atoms. The van der Waals surface area contributed by atoms with Gasteiger partial charge in [-0.3, -0.25) is 9.69 Å². The molecule has 1 amide bonds. The quantitative estimate of drug-likeness (QED) is 0.236. The zero-order valence-corrected chi connectivity index (χ0v) is 21.1. The van der Waals surface area contributed by atoms with Crippen molar-refractivity contribution in [3.63, 3.8) is 0 Å². The molecule has 7 heteroatoms. The van der Waals surface area contributed by atoms with Crippen molar-refractivity contribution in [3.8, 4) is 17.2 Å². The highest BCUT2D eigenvalue weighted by Crippen LogP contribution is 2.29. The van der Waals surface area contributed by atoms with Crippen LogP contribution in [0.15, 0.2) is 48.2 Å². The SMILES string of the molecule is CCCCCOc1ccc(/C=C2/NC(=S)N(CCc3ccc(OCC)c(OCC)c3)C2=O)cc1. The third kappa shape index (κ3) is 6.97. The number of nitrogens with one attached hydrogen (secondary N) is 1. The number of nitrogens with zero attached hydrogens (tertiary/aromatic N) is 1. The first-order valence-corrected chi connectivity index (χ1v) is 12.4. The van der Waals surface area contributed by atoms with Crippen molar-refractivity contribution < 1.29 is 19.0 Å². The molecule has 1 saturated heterocycles. The number of thiocarbonyl (C=S) groups is 1. The molecule has 2 aromatic rings. The van der Waals surface area contributed by atoms with Gasteiger partial charge in [0.05, 0.1) is 19.8 Å². The largest absolute Gasteiger partial charge is 0.494 e. The van der Waals surface area contributed by atoms with E-state index >= 15 is 0 Å². The predicted octanol–water partition coefficient (Wildman–Crippen LogP) is 5.35. The van der Waals surface area contributed by atoms with E-state index in [0.717, 1.165) is 35.7 Å². The average Bonchev–Trinajstić information content (AvgIpc) is 3.10. The van der Waals surface area contributed by atoms with Crippen LogP contribution in [0.1, 0.15) is 51.2 Å². The number of rotatable bonds is 13. The van der Waals surface area contributed by atoms with Crippen LogP contribution in [0.5, 0.6) is 17.2 Å². The van der Waals surface area contributed by atoms with Gasteiger partial charge in [-0.2, -0.15) is 0 Å². The number of ether oxygens (including phenoxy) is 3. The maximum Gasteiger partial charge on any atom is 0.276 e. The van der Waals surface area contributed by atoms with Gasteiger partial charge in [-0.1, -0.05) is 38.0 Å². The van der Waals surface area contributed by atoms with Gasteiger partial charge in [0.25, 0.3) is 5.91 Å². The minimum absolute atomic E-state index is 0.124. The molecular formula is C27H34N2O4S. The van der Waals surface area contributed by atoms with Gasteiger partial charge in [-0.05, 0) is 80.4 Å². The van der Waals surface area contributed by atoms with E-state index in [-0.39, 0.29) is 5.91 Å². The molecule has 3 rings (SSSR count). The zero-order chi connectivity index (χ0) is 24.3. The van der Waals surface area contributed by atoms with E-state index < -0.39 is 0 Å². The Morgan fingerprint density at radius 3 is 2.38 bits per heavy atom. The lowest BCUT2D eigenvalue weighted by Crippen LogP contribution is -2.32. The highest BCUT2D eigenvalue weighted by atomic mass is 32.1. The zero-order valence-electron chi connectivity index (χ0n) is 20.3. The molecule has 0 saturated carbocycles. The van der Waals surface area contributed by atoms with Gasteiger partial charge in [0.15, 0.2) is 16.6 Å². The fourth-order valence-corrected chi connectivity index (χ4v) is 3.92. The molecule has 2 aromatic carbocycles. The number of benzene rings is 2. The van der Waals surface area contributed by atoms with Crippen molar-refractivity contribution in [3.05, 3.63) is 59.3 Å². The molecule has 1 aliphatic heterocycles. The molecule has 1 aliphatic rings. The Bertz CT molecular complexity index is 1000. The molecule has 182 valence electrons. The Labute approximate surface area is 207 Å². The van der Waals surface area contributed by atoms with Crippen LogP contribution in [0.2, 0.25) is 0 Å². The molecule has 0 aromatic heterocycles. The summed E-state index contributed by atoms with van der Waals surface area (Å²) >= 11 is 5.43. The van der Waals surface area contributed by atoms with Gasteiger partial charge in [0, 0.05) is 6.54 Å². The van der Waals surface area contributed by atoms with E-state index in [1.54, 1.807) is 4.90 Å². The fraction of sp³-hybridized carbons (Fsp3) is 0.407. The number of amides is 1. The van der Waals surface area contributed by atoms with Crippen molar-refractivity contribution in [2.75, 3.05) is 26.4 Å². The first-order chi connectivity index (χ1) is 16.5. The van der Waals surface area contributed by atoms with Crippen molar-refractivity contribution in [2.45, 2.75) is 46.5 Å². The van der Waals surface area contributed by atoms with Gasteiger partial charge < -0.3 is 19.5 Å². The van der Waals surface area contributed by atoms with Crippen LogP contribution in [0.4, 0.5) is 0 Å². The van der Waals surface area contributed by atoms with Gasteiger partial charge in [-0.15, -0.1) is 0 Å². The number of hydrogen-bond acceptors (Lipinski definition) is 5. The fourth-order valence-electron chi connectivity index (χ4n) is 3.64. The van der Waals surface area contributed by atoms with E-state index in [4.69, 9.17) is 26.4 Å². The summed E-state index contributed by atoms with van der Waals surface area (Å²) < 4.78 is 17.1. The van der Waals surface area contributed by atoms with Crippen LogP contribution in [-0.2, 0) is 11.2 Å². The second-order valence-electron chi connectivity index (χ2n) is 7.97. The molecule has 6 nitrogen and oxygen atoms in total. The van der Waals surface area contributed by atoms with Crippen LogP contribution in [0, 0.1) is 0 Å². The third-order valence-corrected chi connectivity index (χ3v) is 5.72. The summed E-state index contributed by atoms with van der Waals surface area (Å²) in [5, 5.41) is 3.47. The molecule has 1 heterocycles. The van der Waals surface area contributed by atoms with Gasteiger partial charge in [-0.25, -0.2) is 0 Å². The highest BCUT2D eigenvalue weighted by molar-refractivity contribution is 7.80. The Morgan fingerprint density at radius 1 is 0.941 bits per heavy atom. The van der Waals surface area contributed by atoms with Gasteiger partial charge >= 0.3 is 0 Å². The van der Waals surface area contributed by atoms with E-state index in [9.17, 15) is 4.79 Å². The van der Waals surface area contributed by atoms with Gasteiger partial charge in [0.2, 0.25) is 0 Å². The summed E-state index contributed by atoms with van der Waals surface area (Å²) in [7, 11) is 0. The molecule has 1 fully saturated rings. The molecular weight excluding hydrogens is 448 g/mol. The molecule has 0 radical (unpaired) electrons. The maximum atomic E-state index is 13.0. The lowest BCUT2D eigenvalue weighted by atomic mass is 10.1. The second-order valence-corrected chi connectivity index (χ2v) is 8.35. The van der Waals surface area contributed by atoms with Crippen LogP contribution in [0.25, 0.3) is 6.08 Å². The van der Waals surface area contributed by atoms with E-state index in [0.29, 0.717) is 42.7 Å². The van der Waals surface area contributed by atoms with Crippen molar-refractivity contribution >= 4 is 29.3 Å². The normalized spacial score (nSPS) is 14.4. The predicted molar refractivity (Wildman–Crippen MR) is 139 cm³/mol. The summed E-state index contributed by atoms with van der Waals surface area (Å²) in [6.45, 7) is 8.39. The smallest absolute Gasteiger partial charge is 0.276 e. The van der Waals surface area contributed by atoms with Crippen molar-refractivity contribution in [1.29, 1.82) is 0 Å². The Balaban J connectivity index is 1.60. The van der Waals surface area contributed by atoms with Gasteiger partial charge in [0.1, 0.15) is 11.4 Å². The van der Waals surface area contributed by atoms with Crippen molar-refractivity contribution in [2.24, 2.45) is 0 Å². The number of carbonyl (C=O) groups excluding carboxylic acids is 1. The Kier molecular flexibility index (Phi) is 9.76. The lowest BCUT2D eigenvalue weighted by molar-refractivity contribution is -0.122. The minimum atomic E-state index is -0.124. The summed E-state index contributed by atoms with van der Waals surface area (Å²) in [4.78, 5) is 14.6. The molecule has 0 bridgehead atoms. The Hall–Kier alpha value is -3.06. The minimum Gasteiger partial charge on any atom is -0.494 e. The molecule has 0 spiro atoms. The monoisotopic (exact) mass is 482 g/mol. The molecule has 0 atom stereocenters. The topological polar surface area (TPSA) is 60.0 Å². The van der Waals surface area contributed by atoms with Crippen LogP contribution < -0.4 is 19.5 Å². The summed E-state index contributed by atoms with van der Waals surface area (Å²) in [6, 6.07) is 13.6. The Morgan fingerprint density at radius 2 is 1.68 bits per heavy atom. The third-order valence-electron chi connectivity index (χ3n) is 5.40.